The Balaban J connectivity index is 1.98. The monoisotopic (exact) mass is 209 g/mol. The number of nitrogen functional groups attached to an aromatic ring is 1. The van der Waals surface area contributed by atoms with Crippen LogP contribution < -0.4 is 5.73 Å². The molecule has 1 heteroatoms. The molecular formula is C15H15N. The van der Waals surface area contributed by atoms with Gasteiger partial charge in [-0.2, -0.15) is 0 Å². The molecule has 0 heterocycles. The summed E-state index contributed by atoms with van der Waals surface area (Å²) in [7, 11) is 0. The highest BCUT2D eigenvalue weighted by Crippen LogP contribution is 2.08. The molecule has 80 valence electrons. The van der Waals surface area contributed by atoms with Gasteiger partial charge >= 0.3 is 0 Å². The van der Waals surface area contributed by atoms with Gasteiger partial charge < -0.3 is 5.73 Å². The van der Waals surface area contributed by atoms with Crippen LogP contribution in [-0.2, 0) is 6.42 Å². The Morgan fingerprint density at radius 1 is 0.875 bits per heavy atom. The van der Waals surface area contributed by atoms with E-state index in [1.807, 2.05) is 30.3 Å². The first-order chi connectivity index (χ1) is 7.84. The Labute approximate surface area is 96.2 Å². The first kappa shape index (κ1) is 10.5. The number of hydrogen-bond donors (Lipinski definition) is 1. The molecule has 0 unspecified atom stereocenters. The number of rotatable bonds is 3. The molecular weight excluding hydrogens is 194 g/mol. The van der Waals surface area contributed by atoms with Crippen molar-refractivity contribution >= 4 is 11.8 Å². The Morgan fingerprint density at radius 2 is 1.56 bits per heavy atom. The van der Waals surface area contributed by atoms with Gasteiger partial charge in [-0.05, 0) is 29.7 Å². The fraction of sp³-hybridized carbons (Fsp3) is 0.0667. The van der Waals surface area contributed by atoms with E-state index < -0.39 is 0 Å². The van der Waals surface area contributed by atoms with E-state index in [4.69, 9.17) is 5.73 Å². The molecule has 2 aromatic rings. The van der Waals surface area contributed by atoms with Crippen LogP contribution >= 0.6 is 0 Å². The van der Waals surface area contributed by atoms with Crippen molar-refractivity contribution in [2.24, 2.45) is 0 Å². The second kappa shape index (κ2) is 5.17. The molecule has 0 atom stereocenters. The molecule has 0 aliphatic rings. The number of benzene rings is 2. The predicted octanol–water partition coefficient (Wildman–Crippen LogP) is 3.52. The SMILES string of the molecule is Nc1ccc(/C=C\Cc2ccccc2)cc1. The van der Waals surface area contributed by atoms with Gasteiger partial charge in [0.25, 0.3) is 0 Å². The highest BCUT2D eigenvalue weighted by molar-refractivity contribution is 5.53. The molecule has 0 amide bonds. The van der Waals surface area contributed by atoms with Crippen LogP contribution in [-0.4, -0.2) is 0 Å². The molecule has 0 fully saturated rings. The van der Waals surface area contributed by atoms with Crippen molar-refractivity contribution in [2.45, 2.75) is 6.42 Å². The molecule has 0 aliphatic heterocycles. The number of hydrogen-bond acceptors (Lipinski definition) is 1. The lowest BCUT2D eigenvalue weighted by Gasteiger charge is -1.96. The summed E-state index contributed by atoms with van der Waals surface area (Å²) in [6.07, 6.45) is 5.25. The average Bonchev–Trinajstić information content (AvgIpc) is 2.33. The molecule has 0 saturated carbocycles. The normalized spacial score (nSPS) is 10.8. The van der Waals surface area contributed by atoms with Crippen LogP contribution in [0.3, 0.4) is 0 Å². The molecule has 1 nitrogen and oxygen atoms in total. The molecule has 0 radical (unpaired) electrons. The van der Waals surface area contributed by atoms with E-state index in [1.165, 1.54) is 11.1 Å². The zero-order chi connectivity index (χ0) is 11.2. The maximum Gasteiger partial charge on any atom is 0.0314 e. The van der Waals surface area contributed by atoms with Crippen molar-refractivity contribution in [2.75, 3.05) is 5.73 Å². The van der Waals surface area contributed by atoms with Crippen LogP contribution in [0.4, 0.5) is 5.69 Å². The third kappa shape index (κ3) is 2.99. The van der Waals surface area contributed by atoms with E-state index in [0.717, 1.165) is 12.1 Å². The Morgan fingerprint density at radius 3 is 2.25 bits per heavy atom. The van der Waals surface area contributed by atoms with Gasteiger partial charge in [-0.25, -0.2) is 0 Å². The summed E-state index contributed by atoms with van der Waals surface area (Å²) in [6, 6.07) is 18.3. The van der Waals surface area contributed by atoms with Gasteiger partial charge in [0.15, 0.2) is 0 Å². The lowest BCUT2D eigenvalue weighted by atomic mass is 10.1. The van der Waals surface area contributed by atoms with E-state index in [0.29, 0.717) is 0 Å². The molecule has 2 aromatic carbocycles. The highest BCUT2D eigenvalue weighted by atomic mass is 14.5. The summed E-state index contributed by atoms with van der Waals surface area (Å²) in [5.74, 6) is 0. The second-order valence-corrected chi connectivity index (χ2v) is 3.76. The van der Waals surface area contributed by atoms with Crippen LogP contribution in [0.15, 0.2) is 60.7 Å². The molecule has 16 heavy (non-hydrogen) atoms. The van der Waals surface area contributed by atoms with Crippen LogP contribution in [0, 0.1) is 0 Å². The molecule has 2 N–H and O–H groups in total. The molecule has 2 rings (SSSR count). The van der Waals surface area contributed by atoms with Crippen molar-refractivity contribution in [3.05, 3.63) is 71.8 Å². The smallest absolute Gasteiger partial charge is 0.0314 e. The van der Waals surface area contributed by atoms with Gasteiger partial charge in [0.05, 0.1) is 0 Å². The van der Waals surface area contributed by atoms with Crippen LogP contribution in [0.5, 0.6) is 0 Å². The third-order valence-corrected chi connectivity index (χ3v) is 2.44. The zero-order valence-corrected chi connectivity index (χ0v) is 9.14. The summed E-state index contributed by atoms with van der Waals surface area (Å²) in [6.45, 7) is 0. The number of nitrogens with two attached hydrogens (primary N) is 1. The van der Waals surface area contributed by atoms with E-state index in [9.17, 15) is 0 Å². The van der Waals surface area contributed by atoms with Crippen molar-refractivity contribution < 1.29 is 0 Å². The van der Waals surface area contributed by atoms with E-state index in [-0.39, 0.29) is 0 Å². The fourth-order valence-electron chi connectivity index (χ4n) is 1.55. The number of anilines is 1. The minimum Gasteiger partial charge on any atom is -0.399 e. The molecule has 0 aliphatic carbocycles. The van der Waals surface area contributed by atoms with Crippen LogP contribution in [0.1, 0.15) is 11.1 Å². The maximum absolute atomic E-state index is 5.62. The third-order valence-electron chi connectivity index (χ3n) is 2.44. The van der Waals surface area contributed by atoms with Crippen molar-refractivity contribution in [1.82, 2.24) is 0 Å². The van der Waals surface area contributed by atoms with Gasteiger partial charge in [0.1, 0.15) is 0 Å². The van der Waals surface area contributed by atoms with Gasteiger partial charge in [-0.1, -0.05) is 54.6 Å². The molecule has 0 aromatic heterocycles. The summed E-state index contributed by atoms with van der Waals surface area (Å²) < 4.78 is 0. The van der Waals surface area contributed by atoms with Crippen LogP contribution in [0.2, 0.25) is 0 Å². The second-order valence-electron chi connectivity index (χ2n) is 3.76. The summed E-state index contributed by atoms with van der Waals surface area (Å²) >= 11 is 0. The predicted molar refractivity (Wildman–Crippen MR) is 70.0 cm³/mol. The fourth-order valence-corrected chi connectivity index (χ4v) is 1.55. The largest absolute Gasteiger partial charge is 0.399 e. The van der Waals surface area contributed by atoms with Crippen molar-refractivity contribution in [3.8, 4) is 0 Å². The average molecular weight is 209 g/mol. The molecule has 0 bridgehead atoms. The molecule has 0 spiro atoms. The lowest BCUT2D eigenvalue weighted by Crippen LogP contribution is -1.83. The topological polar surface area (TPSA) is 26.0 Å². The van der Waals surface area contributed by atoms with E-state index in [2.05, 4.69) is 36.4 Å². The first-order valence-corrected chi connectivity index (χ1v) is 5.40. The Kier molecular flexibility index (Phi) is 3.39. The Bertz CT molecular complexity index is 455. The number of allylic oxidation sites excluding steroid dienone is 1. The van der Waals surface area contributed by atoms with E-state index in [1.54, 1.807) is 0 Å². The van der Waals surface area contributed by atoms with Crippen molar-refractivity contribution in [3.63, 3.8) is 0 Å². The maximum atomic E-state index is 5.62. The Hall–Kier alpha value is -2.02. The van der Waals surface area contributed by atoms with Crippen molar-refractivity contribution in [1.29, 1.82) is 0 Å². The summed E-state index contributed by atoms with van der Waals surface area (Å²) in [5.41, 5.74) is 8.94. The van der Waals surface area contributed by atoms with Gasteiger partial charge in [0.2, 0.25) is 0 Å². The quantitative estimate of drug-likeness (QED) is 0.769. The van der Waals surface area contributed by atoms with Gasteiger partial charge in [-0.15, -0.1) is 0 Å². The van der Waals surface area contributed by atoms with Crippen LogP contribution in [0.25, 0.3) is 6.08 Å². The van der Waals surface area contributed by atoms with Gasteiger partial charge in [0, 0.05) is 5.69 Å². The first-order valence-electron chi connectivity index (χ1n) is 5.40. The standard InChI is InChI=1S/C15H15N/c16-15-11-9-14(10-12-15)8-4-7-13-5-2-1-3-6-13/h1-6,8-12H,7,16H2/b8-4-. The zero-order valence-electron chi connectivity index (χ0n) is 9.14. The minimum atomic E-state index is 0.806. The minimum absolute atomic E-state index is 0.806. The van der Waals surface area contributed by atoms with E-state index >= 15 is 0 Å². The molecule has 0 saturated heterocycles. The van der Waals surface area contributed by atoms with Gasteiger partial charge in [-0.3, -0.25) is 0 Å². The lowest BCUT2D eigenvalue weighted by molar-refractivity contribution is 1.28. The summed E-state index contributed by atoms with van der Waals surface area (Å²) in [4.78, 5) is 0. The summed E-state index contributed by atoms with van der Waals surface area (Å²) in [5, 5.41) is 0. The highest BCUT2D eigenvalue weighted by Gasteiger charge is 1.88.